The molecule has 2 aliphatic rings. The minimum Gasteiger partial charge on any atom is -0.349 e. The van der Waals surface area contributed by atoms with Crippen molar-refractivity contribution in [3.05, 3.63) is 65.7 Å². The number of carbonyl (C=O) groups excluding carboxylic acids is 2. The van der Waals surface area contributed by atoms with Crippen LogP contribution < -0.4 is 10.6 Å². The Bertz CT molecular complexity index is 1190. The summed E-state index contributed by atoms with van der Waals surface area (Å²) >= 11 is 3.35. The van der Waals surface area contributed by atoms with E-state index in [2.05, 4.69) is 32.7 Å². The number of carbonyl (C=O) groups is 2. The van der Waals surface area contributed by atoms with Crippen LogP contribution in [0.4, 0.5) is 5.69 Å². The number of hydrogen-bond acceptors (Lipinski definition) is 6. The molecule has 1 aromatic heterocycles. The lowest BCUT2D eigenvalue weighted by Crippen LogP contribution is -2.31. The van der Waals surface area contributed by atoms with Crippen LogP contribution in [0.1, 0.15) is 28.8 Å². The number of rotatable bonds is 8. The monoisotopic (exact) mass is 492 g/mol. The number of aromatic nitrogens is 1. The minimum atomic E-state index is -0.0875. The second kappa shape index (κ2) is 10.8. The molecule has 2 amide bonds. The van der Waals surface area contributed by atoms with Gasteiger partial charge in [0.05, 0.1) is 21.9 Å². The number of fused-ring (bicyclic) bond motifs is 1. The van der Waals surface area contributed by atoms with E-state index in [4.69, 9.17) is 0 Å². The number of para-hydroxylation sites is 1. The number of thioether (sulfide) groups is 2. The van der Waals surface area contributed by atoms with E-state index in [-0.39, 0.29) is 23.6 Å². The second-order valence-electron chi connectivity index (χ2n) is 8.70. The molecule has 3 aromatic rings. The smallest absolute Gasteiger partial charge is 0.252 e. The molecule has 0 unspecified atom stereocenters. The zero-order valence-electron chi connectivity index (χ0n) is 19.0. The Kier molecular flexibility index (Phi) is 7.37. The highest BCUT2D eigenvalue weighted by molar-refractivity contribution is 8.00. The van der Waals surface area contributed by atoms with Crippen LogP contribution in [-0.4, -0.2) is 58.1 Å². The molecule has 2 fully saturated rings. The first-order chi connectivity index (χ1) is 16.6. The van der Waals surface area contributed by atoms with Crippen molar-refractivity contribution in [2.75, 3.05) is 35.7 Å². The SMILES string of the molecule is O=C(CSc1cc(C(=O)NC2CC2)c2ccccc2n1)Nc1cccc(CN2CCSCC2)c1. The Balaban J connectivity index is 1.22. The molecule has 8 heteroatoms. The highest BCUT2D eigenvalue weighted by atomic mass is 32.2. The summed E-state index contributed by atoms with van der Waals surface area (Å²) in [6.07, 6.45) is 2.07. The van der Waals surface area contributed by atoms with Crippen LogP contribution in [0, 0.1) is 0 Å². The van der Waals surface area contributed by atoms with Gasteiger partial charge < -0.3 is 10.6 Å². The van der Waals surface area contributed by atoms with Gasteiger partial charge >= 0.3 is 0 Å². The maximum atomic E-state index is 12.8. The number of anilines is 1. The molecule has 1 saturated carbocycles. The molecule has 1 aliphatic carbocycles. The maximum Gasteiger partial charge on any atom is 0.252 e. The predicted octanol–water partition coefficient (Wildman–Crippen LogP) is 4.41. The normalized spacial score (nSPS) is 16.4. The van der Waals surface area contributed by atoms with Crippen LogP contribution in [0.3, 0.4) is 0 Å². The van der Waals surface area contributed by atoms with Crippen LogP contribution in [0.5, 0.6) is 0 Å². The van der Waals surface area contributed by atoms with Crippen LogP contribution in [-0.2, 0) is 11.3 Å². The molecule has 2 aromatic carbocycles. The Labute approximate surface area is 208 Å². The van der Waals surface area contributed by atoms with Crippen molar-refractivity contribution in [1.82, 2.24) is 15.2 Å². The van der Waals surface area contributed by atoms with Crippen molar-refractivity contribution in [1.29, 1.82) is 0 Å². The number of pyridine rings is 1. The molecule has 0 radical (unpaired) electrons. The van der Waals surface area contributed by atoms with Gasteiger partial charge in [0.2, 0.25) is 5.91 Å². The van der Waals surface area contributed by atoms with E-state index in [0.29, 0.717) is 10.6 Å². The molecule has 2 N–H and O–H groups in total. The first-order valence-corrected chi connectivity index (χ1v) is 13.8. The van der Waals surface area contributed by atoms with Crippen molar-refractivity contribution in [2.24, 2.45) is 0 Å². The third-order valence-electron chi connectivity index (χ3n) is 5.92. The number of nitrogens with zero attached hydrogens (tertiary/aromatic N) is 2. The Morgan fingerprint density at radius 1 is 1.06 bits per heavy atom. The molecule has 5 rings (SSSR count). The fourth-order valence-electron chi connectivity index (χ4n) is 4.01. The molecule has 6 nitrogen and oxygen atoms in total. The number of amides is 2. The first kappa shape index (κ1) is 23.2. The van der Waals surface area contributed by atoms with E-state index in [1.807, 2.05) is 48.2 Å². The fourth-order valence-corrected chi connectivity index (χ4v) is 5.70. The average Bonchev–Trinajstić information content (AvgIpc) is 3.67. The van der Waals surface area contributed by atoms with E-state index >= 15 is 0 Å². The van der Waals surface area contributed by atoms with Gasteiger partial charge in [-0.1, -0.05) is 42.1 Å². The number of nitrogens with one attached hydrogen (secondary N) is 2. The van der Waals surface area contributed by atoms with Gasteiger partial charge in [0.15, 0.2) is 0 Å². The lowest BCUT2D eigenvalue weighted by atomic mass is 10.1. The summed E-state index contributed by atoms with van der Waals surface area (Å²) in [5.41, 5.74) is 3.40. The Hall–Kier alpha value is -2.55. The third-order valence-corrected chi connectivity index (χ3v) is 7.78. The predicted molar refractivity (Wildman–Crippen MR) is 141 cm³/mol. The highest BCUT2D eigenvalue weighted by Gasteiger charge is 2.25. The van der Waals surface area contributed by atoms with E-state index in [1.54, 1.807) is 6.07 Å². The molecule has 1 saturated heterocycles. The van der Waals surface area contributed by atoms with E-state index in [9.17, 15) is 9.59 Å². The summed E-state index contributed by atoms with van der Waals surface area (Å²) in [6, 6.07) is 17.8. The first-order valence-electron chi connectivity index (χ1n) is 11.7. The van der Waals surface area contributed by atoms with Gasteiger partial charge in [-0.05, 0) is 42.7 Å². The lowest BCUT2D eigenvalue weighted by Gasteiger charge is -2.26. The summed E-state index contributed by atoms with van der Waals surface area (Å²) in [5, 5.41) is 7.58. The summed E-state index contributed by atoms with van der Waals surface area (Å²) in [6.45, 7) is 3.13. The van der Waals surface area contributed by atoms with E-state index in [1.165, 1.54) is 28.8 Å². The van der Waals surface area contributed by atoms with E-state index < -0.39 is 0 Å². The molecule has 34 heavy (non-hydrogen) atoms. The van der Waals surface area contributed by atoms with Gasteiger partial charge in [-0.2, -0.15) is 11.8 Å². The Morgan fingerprint density at radius 3 is 2.71 bits per heavy atom. The minimum absolute atomic E-state index is 0.0727. The van der Waals surface area contributed by atoms with Crippen molar-refractivity contribution in [2.45, 2.75) is 30.5 Å². The topological polar surface area (TPSA) is 74.3 Å². The van der Waals surface area contributed by atoms with Crippen LogP contribution in [0.25, 0.3) is 10.9 Å². The molecular weight excluding hydrogens is 464 g/mol. The van der Waals surface area contributed by atoms with Crippen molar-refractivity contribution >= 4 is 51.9 Å². The summed E-state index contributed by atoms with van der Waals surface area (Å²) in [4.78, 5) is 32.6. The molecular formula is C26H28N4O2S2. The zero-order valence-corrected chi connectivity index (χ0v) is 20.6. The molecule has 176 valence electrons. The number of benzene rings is 2. The summed E-state index contributed by atoms with van der Waals surface area (Å²) in [7, 11) is 0. The van der Waals surface area contributed by atoms with Crippen molar-refractivity contribution < 1.29 is 9.59 Å². The lowest BCUT2D eigenvalue weighted by molar-refractivity contribution is -0.113. The third kappa shape index (κ3) is 6.11. The highest BCUT2D eigenvalue weighted by Crippen LogP contribution is 2.26. The second-order valence-corrected chi connectivity index (χ2v) is 10.9. The van der Waals surface area contributed by atoms with Gasteiger partial charge in [0, 0.05) is 48.3 Å². The summed E-state index contributed by atoms with van der Waals surface area (Å²) < 4.78 is 0. The van der Waals surface area contributed by atoms with Gasteiger partial charge in [-0.3, -0.25) is 14.5 Å². The average molecular weight is 493 g/mol. The van der Waals surface area contributed by atoms with Gasteiger partial charge in [-0.25, -0.2) is 4.98 Å². The van der Waals surface area contributed by atoms with Gasteiger partial charge in [0.25, 0.3) is 5.91 Å². The standard InChI is InChI=1S/C26H28N4O2S2/c31-24(27-20-5-3-4-18(14-20)16-30-10-12-33-13-11-30)17-34-25-15-22(26(32)28-19-8-9-19)21-6-1-2-7-23(21)29-25/h1-7,14-15,19H,8-13,16-17H2,(H,27,31)(H,28,32). The largest absolute Gasteiger partial charge is 0.349 e. The van der Waals surface area contributed by atoms with Crippen LogP contribution in [0.15, 0.2) is 59.6 Å². The van der Waals surface area contributed by atoms with Crippen LogP contribution in [0.2, 0.25) is 0 Å². The molecule has 0 bridgehead atoms. The van der Waals surface area contributed by atoms with E-state index in [0.717, 1.165) is 49.1 Å². The zero-order chi connectivity index (χ0) is 23.3. The molecule has 0 atom stereocenters. The fraction of sp³-hybridized carbons (Fsp3) is 0.346. The molecule has 0 spiro atoms. The van der Waals surface area contributed by atoms with Crippen molar-refractivity contribution in [3.63, 3.8) is 0 Å². The van der Waals surface area contributed by atoms with Crippen molar-refractivity contribution in [3.8, 4) is 0 Å². The van der Waals surface area contributed by atoms with Crippen LogP contribution >= 0.6 is 23.5 Å². The number of hydrogen-bond donors (Lipinski definition) is 2. The molecule has 2 heterocycles. The van der Waals surface area contributed by atoms with Gasteiger partial charge in [-0.15, -0.1) is 0 Å². The molecule has 1 aliphatic heterocycles. The van der Waals surface area contributed by atoms with Gasteiger partial charge in [0.1, 0.15) is 0 Å². The quantitative estimate of drug-likeness (QED) is 0.454. The maximum absolute atomic E-state index is 12.8. The summed E-state index contributed by atoms with van der Waals surface area (Å²) in [5.74, 6) is 2.43. The Morgan fingerprint density at radius 2 is 1.88 bits per heavy atom.